The first-order chi connectivity index (χ1) is 13.4. The van der Waals surface area contributed by atoms with Crippen molar-refractivity contribution in [2.45, 2.75) is 32.0 Å². The minimum atomic E-state index is -0.808. The molecular weight excluding hydrogens is 354 g/mol. The Kier molecular flexibility index (Phi) is 5.98. The number of hydrogen-bond acceptors (Lipinski definition) is 5. The minimum Gasteiger partial charge on any atom is -0.508 e. The van der Waals surface area contributed by atoms with Crippen LogP contribution >= 0.6 is 0 Å². The van der Waals surface area contributed by atoms with E-state index in [-0.39, 0.29) is 17.8 Å². The number of nitrogens with zero attached hydrogens (tertiary/aromatic N) is 3. The molecule has 0 spiro atoms. The quantitative estimate of drug-likeness (QED) is 0.831. The Balaban J connectivity index is 1.93. The second kappa shape index (κ2) is 8.42. The highest BCUT2D eigenvalue weighted by Gasteiger charge is 2.34. The highest BCUT2D eigenvalue weighted by atomic mass is 16.4. The van der Waals surface area contributed by atoms with Gasteiger partial charge in [0, 0.05) is 25.7 Å². The normalized spacial score (nSPS) is 20.2. The Hall–Kier alpha value is -2.88. The summed E-state index contributed by atoms with van der Waals surface area (Å²) in [5.74, 6) is -0.598. The van der Waals surface area contributed by atoms with Gasteiger partial charge in [0.05, 0.1) is 17.7 Å². The Morgan fingerprint density at radius 3 is 2.46 bits per heavy atom. The standard InChI is InChI=1S/C22H25N3O3/c1-15-14-24(16(2)22(27)28)10-11-25(15)21(19-4-3-5-20(26)12-19)18-8-6-17(13-23)7-9-18/h3-9,12,15-16,21,26H,10-11,14H2,1-2H3,(H,27,28)/t15-,16+,21+/m0/s1. The van der Waals surface area contributed by atoms with Crippen LogP contribution in [0.15, 0.2) is 48.5 Å². The average molecular weight is 379 g/mol. The summed E-state index contributed by atoms with van der Waals surface area (Å²) in [5, 5.41) is 28.4. The lowest BCUT2D eigenvalue weighted by Crippen LogP contribution is -2.56. The van der Waals surface area contributed by atoms with Crippen LogP contribution in [-0.2, 0) is 4.79 Å². The van der Waals surface area contributed by atoms with Crippen LogP contribution in [-0.4, -0.2) is 57.7 Å². The third-order valence-corrected chi connectivity index (χ3v) is 5.49. The molecule has 0 aliphatic carbocycles. The van der Waals surface area contributed by atoms with Crippen molar-refractivity contribution in [3.05, 3.63) is 65.2 Å². The molecule has 1 aliphatic rings. The molecule has 0 aromatic heterocycles. The molecule has 146 valence electrons. The van der Waals surface area contributed by atoms with E-state index in [4.69, 9.17) is 5.26 Å². The van der Waals surface area contributed by atoms with E-state index >= 15 is 0 Å². The summed E-state index contributed by atoms with van der Waals surface area (Å²) in [6.45, 7) is 5.83. The zero-order chi connectivity index (χ0) is 20.3. The van der Waals surface area contributed by atoms with Crippen molar-refractivity contribution < 1.29 is 15.0 Å². The SMILES string of the molecule is C[C@H](C(=O)O)N1CCN([C@H](c2ccc(C#N)cc2)c2cccc(O)c2)[C@@H](C)C1. The molecule has 3 rings (SSSR count). The summed E-state index contributed by atoms with van der Waals surface area (Å²) in [7, 11) is 0. The lowest BCUT2D eigenvalue weighted by molar-refractivity contribution is -0.143. The number of hydrogen-bond donors (Lipinski definition) is 2. The number of benzene rings is 2. The Morgan fingerprint density at radius 2 is 1.89 bits per heavy atom. The number of rotatable bonds is 5. The summed E-state index contributed by atoms with van der Waals surface area (Å²) < 4.78 is 0. The van der Waals surface area contributed by atoms with Crippen molar-refractivity contribution in [3.8, 4) is 11.8 Å². The molecule has 0 amide bonds. The fourth-order valence-electron chi connectivity index (χ4n) is 3.90. The second-order valence-corrected chi connectivity index (χ2v) is 7.33. The van der Waals surface area contributed by atoms with Crippen molar-refractivity contribution in [1.29, 1.82) is 5.26 Å². The first-order valence-electron chi connectivity index (χ1n) is 9.42. The van der Waals surface area contributed by atoms with Crippen molar-refractivity contribution >= 4 is 5.97 Å². The molecule has 3 atom stereocenters. The van der Waals surface area contributed by atoms with Crippen molar-refractivity contribution in [1.82, 2.24) is 9.80 Å². The second-order valence-electron chi connectivity index (χ2n) is 7.33. The number of piperazine rings is 1. The van der Waals surface area contributed by atoms with Gasteiger partial charge in [-0.3, -0.25) is 14.6 Å². The van der Waals surface area contributed by atoms with Gasteiger partial charge < -0.3 is 10.2 Å². The third kappa shape index (κ3) is 4.16. The van der Waals surface area contributed by atoms with E-state index in [1.807, 2.05) is 29.2 Å². The van der Waals surface area contributed by atoms with E-state index in [1.165, 1.54) is 0 Å². The Bertz CT molecular complexity index is 875. The smallest absolute Gasteiger partial charge is 0.320 e. The summed E-state index contributed by atoms with van der Waals surface area (Å²) >= 11 is 0. The highest BCUT2D eigenvalue weighted by molar-refractivity contribution is 5.72. The van der Waals surface area contributed by atoms with E-state index in [0.717, 1.165) is 11.1 Å². The molecule has 1 saturated heterocycles. The molecule has 2 aromatic carbocycles. The fraction of sp³-hybridized carbons (Fsp3) is 0.364. The molecule has 0 saturated carbocycles. The Morgan fingerprint density at radius 1 is 1.18 bits per heavy atom. The largest absolute Gasteiger partial charge is 0.508 e. The Labute approximate surface area is 165 Å². The monoisotopic (exact) mass is 379 g/mol. The van der Waals surface area contributed by atoms with Crippen LogP contribution in [0.25, 0.3) is 0 Å². The van der Waals surface area contributed by atoms with Crippen LogP contribution in [0, 0.1) is 11.3 Å². The molecule has 1 fully saturated rings. The van der Waals surface area contributed by atoms with Gasteiger partial charge in [-0.05, 0) is 49.2 Å². The number of phenols is 1. The van der Waals surface area contributed by atoms with Gasteiger partial charge in [0.2, 0.25) is 0 Å². The molecule has 0 radical (unpaired) electrons. The van der Waals surface area contributed by atoms with Gasteiger partial charge in [0.1, 0.15) is 11.8 Å². The van der Waals surface area contributed by atoms with Crippen LogP contribution in [0.5, 0.6) is 5.75 Å². The van der Waals surface area contributed by atoms with Gasteiger partial charge in [-0.15, -0.1) is 0 Å². The van der Waals surface area contributed by atoms with E-state index in [2.05, 4.69) is 17.9 Å². The van der Waals surface area contributed by atoms with Gasteiger partial charge in [-0.25, -0.2) is 0 Å². The van der Waals surface area contributed by atoms with Gasteiger partial charge in [-0.1, -0.05) is 24.3 Å². The lowest BCUT2D eigenvalue weighted by atomic mass is 9.93. The van der Waals surface area contributed by atoms with E-state index < -0.39 is 12.0 Å². The highest BCUT2D eigenvalue weighted by Crippen LogP contribution is 2.33. The lowest BCUT2D eigenvalue weighted by Gasteiger charge is -2.45. The predicted molar refractivity (Wildman–Crippen MR) is 106 cm³/mol. The first-order valence-corrected chi connectivity index (χ1v) is 9.42. The van der Waals surface area contributed by atoms with Crippen molar-refractivity contribution in [2.75, 3.05) is 19.6 Å². The number of aromatic hydroxyl groups is 1. The van der Waals surface area contributed by atoms with E-state index in [9.17, 15) is 15.0 Å². The predicted octanol–water partition coefficient (Wildman–Crippen LogP) is 2.83. The van der Waals surface area contributed by atoms with Crippen LogP contribution in [0.2, 0.25) is 0 Å². The van der Waals surface area contributed by atoms with Gasteiger partial charge in [0.15, 0.2) is 0 Å². The van der Waals surface area contributed by atoms with Crippen LogP contribution < -0.4 is 0 Å². The number of aliphatic carboxylic acids is 1. The molecule has 28 heavy (non-hydrogen) atoms. The summed E-state index contributed by atoms with van der Waals surface area (Å²) in [6, 6.07) is 16.4. The van der Waals surface area contributed by atoms with Crippen LogP contribution in [0.4, 0.5) is 0 Å². The van der Waals surface area contributed by atoms with Crippen LogP contribution in [0.3, 0.4) is 0 Å². The third-order valence-electron chi connectivity index (χ3n) is 5.49. The number of phenolic OH excluding ortho intramolecular Hbond substituents is 1. The number of carboxylic acids is 1. The van der Waals surface area contributed by atoms with Gasteiger partial charge in [0.25, 0.3) is 0 Å². The molecule has 0 unspecified atom stereocenters. The zero-order valence-corrected chi connectivity index (χ0v) is 16.1. The van der Waals surface area contributed by atoms with E-state index in [1.54, 1.807) is 31.2 Å². The fourth-order valence-corrected chi connectivity index (χ4v) is 3.90. The number of carbonyl (C=O) groups is 1. The number of nitriles is 1. The molecule has 2 N–H and O–H groups in total. The van der Waals surface area contributed by atoms with Crippen molar-refractivity contribution in [2.24, 2.45) is 0 Å². The van der Waals surface area contributed by atoms with Crippen molar-refractivity contribution in [3.63, 3.8) is 0 Å². The van der Waals surface area contributed by atoms with E-state index in [0.29, 0.717) is 25.2 Å². The maximum absolute atomic E-state index is 11.4. The maximum atomic E-state index is 11.4. The summed E-state index contributed by atoms with van der Waals surface area (Å²) in [6.07, 6.45) is 0. The average Bonchev–Trinajstić information content (AvgIpc) is 2.69. The molecule has 1 aliphatic heterocycles. The topological polar surface area (TPSA) is 87.8 Å². The molecule has 1 heterocycles. The summed E-state index contributed by atoms with van der Waals surface area (Å²) in [5.41, 5.74) is 2.61. The first kappa shape index (κ1) is 19.9. The maximum Gasteiger partial charge on any atom is 0.320 e. The minimum absolute atomic E-state index is 0.0860. The zero-order valence-electron chi connectivity index (χ0n) is 16.1. The molecule has 2 aromatic rings. The number of carboxylic acid groups (broad SMARTS) is 1. The summed E-state index contributed by atoms with van der Waals surface area (Å²) in [4.78, 5) is 15.7. The van der Waals surface area contributed by atoms with Gasteiger partial charge >= 0.3 is 5.97 Å². The molecule has 6 nitrogen and oxygen atoms in total. The molecule has 6 heteroatoms. The van der Waals surface area contributed by atoms with Crippen LogP contribution in [0.1, 0.15) is 36.6 Å². The van der Waals surface area contributed by atoms with Gasteiger partial charge in [-0.2, -0.15) is 5.26 Å². The molecular formula is C22H25N3O3. The molecule has 0 bridgehead atoms.